The second-order valence-corrected chi connectivity index (χ2v) is 10.1. The number of nitrogens with two attached hydrogens (primary N) is 1. The molecule has 5 rings (SSSR count). The molecule has 0 bridgehead atoms. The fourth-order valence-corrected chi connectivity index (χ4v) is 5.75. The molecule has 0 radical (unpaired) electrons. The average molecular weight is 450 g/mol. The molecule has 0 amide bonds. The van der Waals surface area contributed by atoms with Crippen molar-refractivity contribution in [2.75, 3.05) is 35.6 Å². The van der Waals surface area contributed by atoms with Gasteiger partial charge in [0, 0.05) is 52.8 Å². The first-order chi connectivity index (χ1) is 15.3. The van der Waals surface area contributed by atoms with Gasteiger partial charge in [-0.3, -0.25) is 4.21 Å². The zero-order chi connectivity index (χ0) is 22.5. The maximum absolute atomic E-state index is 12.7. The number of aromatic nitrogens is 4. The van der Waals surface area contributed by atoms with Crippen molar-refractivity contribution in [2.24, 2.45) is 5.73 Å². The van der Waals surface area contributed by atoms with Gasteiger partial charge >= 0.3 is 0 Å². The highest BCUT2D eigenvalue weighted by Gasteiger charge is 2.38. The Bertz CT molecular complexity index is 1040. The van der Waals surface area contributed by atoms with Gasteiger partial charge in [0.25, 0.3) is 0 Å². The van der Waals surface area contributed by atoms with E-state index in [1.165, 1.54) is 0 Å². The van der Waals surface area contributed by atoms with Crippen molar-refractivity contribution in [1.82, 2.24) is 19.9 Å². The smallest absolute Gasteiger partial charge is 0.227 e. The summed E-state index contributed by atoms with van der Waals surface area (Å²) in [5.41, 5.74) is 5.78. The van der Waals surface area contributed by atoms with Crippen molar-refractivity contribution >= 4 is 34.2 Å². The van der Waals surface area contributed by atoms with Gasteiger partial charge < -0.3 is 16.0 Å². The molecule has 1 unspecified atom stereocenters. The van der Waals surface area contributed by atoms with Crippen molar-refractivity contribution in [1.29, 1.82) is 0 Å². The minimum absolute atomic E-state index is 0.255. The molecule has 8 nitrogen and oxygen atoms in total. The third-order valence-electron chi connectivity index (χ3n) is 6.30. The van der Waals surface area contributed by atoms with Crippen LogP contribution in [-0.4, -0.2) is 55.0 Å². The fourth-order valence-electron chi connectivity index (χ4n) is 4.34. The molecule has 1 saturated heterocycles. The lowest BCUT2D eigenvalue weighted by atomic mass is 9.77. The number of anilines is 2. The van der Waals surface area contributed by atoms with Crippen molar-refractivity contribution in [3.05, 3.63) is 28.9 Å². The Morgan fingerprint density at radius 1 is 1.30 bits per heavy atom. The Morgan fingerprint density at radius 2 is 2.03 bits per heavy atom. The van der Waals surface area contributed by atoms with Crippen LogP contribution in [0.4, 0.5) is 11.8 Å². The zero-order valence-electron chi connectivity index (χ0n) is 18.6. The largest absolute Gasteiger partial charge is 0.362 e. The van der Waals surface area contributed by atoms with Gasteiger partial charge in [-0.15, -0.1) is 0 Å². The summed E-state index contributed by atoms with van der Waals surface area (Å²) in [6, 6.07) is 0. The highest BCUT2D eigenvalue weighted by atomic mass is 35.5. The first kappa shape index (κ1) is 17.8. The van der Waals surface area contributed by atoms with Gasteiger partial charge in [0.15, 0.2) is 0 Å². The summed E-state index contributed by atoms with van der Waals surface area (Å²) in [4.78, 5) is 21.0. The molecular weight excluding hydrogens is 422 g/mol. The molecule has 4 heterocycles. The first-order valence-electron chi connectivity index (χ1n) is 11.3. The van der Waals surface area contributed by atoms with Crippen LogP contribution in [0.25, 0.3) is 0 Å². The topological polar surface area (TPSA) is 110 Å². The van der Waals surface area contributed by atoms with E-state index < -0.39 is 22.8 Å². The van der Waals surface area contributed by atoms with E-state index in [0.717, 1.165) is 43.9 Å². The SMILES string of the molecule is [2H]C([2H])(N)C1(Nc2nc(N3CCC(c4ncc(Cl)cn4)CC3)nc3c2S(=O)CC3)CCC1. The van der Waals surface area contributed by atoms with Gasteiger partial charge in [-0.05, 0) is 32.1 Å². The number of rotatable bonds is 5. The fraction of sp³-hybridized carbons (Fsp3) is 0.600. The molecule has 10 heteroatoms. The van der Waals surface area contributed by atoms with E-state index in [2.05, 4.69) is 20.2 Å². The molecule has 1 saturated carbocycles. The van der Waals surface area contributed by atoms with Crippen molar-refractivity contribution in [3.63, 3.8) is 0 Å². The highest BCUT2D eigenvalue weighted by molar-refractivity contribution is 7.85. The predicted octanol–water partition coefficient (Wildman–Crippen LogP) is 2.26. The van der Waals surface area contributed by atoms with Crippen LogP contribution in [0.3, 0.4) is 0 Å². The van der Waals surface area contributed by atoms with Crippen LogP contribution in [-0.2, 0) is 17.2 Å². The van der Waals surface area contributed by atoms with E-state index in [1.54, 1.807) is 12.4 Å². The molecule has 1 atom stereocenters. The van der Waals surface area contributed by atoms with Crippen LogP contribution in [0.2, 0.25) is 5.02 Å². The van der Waals surface area contributed by atoms with Crippen LogP contribution in [0.1, 0.15) is 52.3 Å². The lowest BCUT2D eigenvalue weighted by Crippen LogP contribution is -2.51. The lowest BCUT2D eigenvalue weighted by molar-refractivity contribution is 0.286. The molecule has 2 fully saturated rings. The predicted molar refractivity (Wildman–Crippen MR) is 118 cm³/mol. The summed E-state index contributed by atoms with van der Waals surface area (Å²) in [5, 5.41) is 3.81. The van der Waals surface area contributed by atoms with Crippen molar-refractivity contribution < 1.29 is 6.95 Å². The van der Waals surface area contributed by atoms with E-state index in [1.807, 2.05) is 0 Å². The first-order valence-corrected chi connectivity index (χ1v) is 12.0. The molecule has 2 aliphatic heterocycles. The van der Waals surface area contributed by atoms with E-state index in [4.69, 9.17) is 30.0 Å². The van der Waals surface area contributed by atoms with Crippen LogP contribution in [0.5, 0.6) is 0 Å². The van der Waals surface area contributed by atoms with Crippen LogP contribution in [0, 0.1) is 0 Å². The molecule has 2 aromatic heterocycles. The Kier molecular flexibility index (Phi) is 4.76. The summed E-state index contributed by atoms with van der Waals surface area (Å²) in [6.45, 7) is -0.401. The highest BCUT2D eigenvalue weighted by Crippen LogP contribution is 2.38. The third kappa shape index (κ3) is 3.67. The molecule has 3 N–H and O–H groups in total. The minimum Gasteiger partial charge on any atom is -0.362 e. The molecule has 30 heavy (non-hydrogen) atoms. The van der Waals surface area contributed by atoms with Crippen LogP contribution in [0.15, 0.2) is 17.3 Å². The van der Waals surface area contributed by atoms with Gasteiger partial charge in [0.05, 0.1) is 27.1 Å². The monoisotopic (exact) mass is 449 g/mol. The molecule has 3 aliphatic rings. The molecule has 0 spiro atoms. The van der Waals surface area contributed by atoms with Gasteiger partial charge in [0.2, 0.25) is 5.95 Å². The van der Waals surface area contributed by atoms with E-state index in [0.29, 0.717) is 46.7 Å². The number of nitrogens with zero attached hydrogens (tertiary/aromatic N) is 5. The summed E-state index contributed by atoms with van der Waals surface area (Å²) < 4.78 is 28.9. The Labute approximate surface area is 186 Å². The van der Waals surface area contributed by atoms with Gasteiger partial charge in [-0.25, -0.2) is 15.0 Å². The number of hydrogen-bond acceptors (Lipinski definition) is 8. The molecule has 0 aromatic carbocycles. The number of piperidine rings is 1. The number of aryl methyl sites for hydroxylation is 1. The van der Waals surface area contributed by atoms with Gasteiger partial charge in [0.1, 0.15) is 16.5 Å². The molecule has 2 aromatic rings. The summed E-state index contributed by atoms with van der Waals surface area (Å²) in [6.07, 6.45) is 7.75. The Hall–Kier alpha value is -1.84. The average Bonchev–Trinajstić information content (AvgIpc) is 3.11. The lowest BCUT2D eigenvalue weighted by Gasteiger charge is -2.42. The Morgan fingerprint density at radius 3 is 2.67 bits per heavy atom. The quantitative estimate of drug-likeness (QED) is 0.715. The normalized spacial score (nSPS) is 24.6. The molecule has 160 valence electrons. The van der Waals surface area contributed by atoms with Gasteiger partial charge in [-0.2, -0.15) is 4.98 Å². The number of fused-ring (bicyclic) bond motifs is 1. The standard InChI is InChI=1S/C20H26ClN7OS/c21-14-10-23-17(24-11-14)13-2-7-28(8-3-13)19-25-15-4-9-30(29)16(15)18(26-19)27-20(12-22)5-1-6-20/h10-11,13H,1-9,12,22H2,(H,25,26,27)/i12D2. The minimum atomic E-state index is -1.90. The number of hydrogen-bond donors (Lipinski definition) is 2. The summed E-state index contributed by atoms with van der Waals surface area (Å²) >= 11 is 5.91. The maximum Gasteiger partial charge on any atom is 0.227 e. The van der Waals surface area contributed by atoms with E-state index in [9.17, 15) is 4.21 Å². The van der Waals surface area contributed by atoms with E-state index >= 15 is 0 Å². The maximum atomic E-state index is 12.7. The second kappa shape index (κ2) is 8.01. The Balaban J connectivity index is 1.39. The van der Waals surface area contributed by atoms with Crippen LogP contribution >= 0.6 is 11.6 Å². The van der Waals surface area contributed by atoms with Gasteiger partial charge in [-0.1, -0.05) is 11.6 Å². The third-order valence-corrected chi connectivity index (χ3v) is 7.95. The molecule has 1 aliphatic carbocycles. The second-order valence-electron chi connectivity index (χ2n) is 8.17. The summed E-state index contributed by atoms with van der Waals surface area (Å²) in [5.74, 6) is 2.64. The van der Waals surface area contributed by atoms with E-state index in [-0.39, 0.29) is 5.92 Å². The zero-order valence-corrected chi connectivity index (χ0v) is 18.2. The van der Waals surface area contributed by atoms with Crippen LogP contribution < -0.4 is 16.0 Å². The number of nitrogens with one attached hydrogen (secondary N) is 1. The summed E-state index contributed by atoms with van der Waals surface area (Å²) in [7, 11) is -1.19. The molecular formula is C20H26ClN7OS. The number of halogens is 1. The van der Waals surface area contributed by atoms with Crippen molar-refractivity contribution in [2.45, 2.75) is 54.9 Å². The van der Waals surface area contributed by atoms with Crippen molar-refractivity contribution in [3.8, 4) is 0 Å².